The molecule has 20 heavy (non-hydrogen) atoms. The van der Waals surface area contributed by atoms with Gasteiger partial charge in [0.05, 0.1) is 12.7 Å². The monoisotopic (exact) mass is 286 g/mol. The van der Waals surface area contributed by atoms with Gasteiger partial charge in [-0.05, 0) is 23.7 Å². The zero-order chi connectivity index (χ0) is 15.3. The molecule has 1 aliphatic rings. The first-order valence-electron chi connectivity index (χ1n) is 8.36. The second kappa shape index (κ2) is 7.77. The lowest BCUT2D eigenvalue weighted by Gasteiger charge is -2.47. The molecule has 1 fully saturated rings. The maximum atomic E-state index is 9.84. The number of aliphatic hydroxyl groups excluding tert-OH is 1. The van der Waals surface area contributed by atoms with Crippen LogP contribution in [0.5, 0.6) is 0 Å². The minimum Gasteiger partial charge on any atom is -0.369 e. The van der Waals surface area contributed by atoms with Gasteiger partial charge in [-0.3, -0.25) is 0 Å². The summed E-state index contributed by atoms with van der Waals surface area (Å²) in [5.41, 5.74) is 0.139. The number of hydrogen-bond donors (Lipinski definition) is 1. The second-order valence-corrected chi connectivity index (χ2v) is 6.61. The van der Waals surface area contributed by atoms with Crippen LogP contribution in [0.4, 0.5) is 0 Å². The van der Waals surface area contributed by atoms with E-state index in [4.69, 9.17) is 9.47 Å². The van der Waals surface area contributed by atoms with Crippen molar-refractivity contribution >= 4 is 0 Å². The lowest BCUT2D eigenvalue weighted by atomic mass is 9.63. The van der Waals surface area contributed by atoms with Crippen LogP contribution in [0.25, 0.3) is 0 Å². The Morgan fingerprint density at radius 1 is 1.15 bits per heavy atom. The largest absolute Gasteiger partial charge is 0.369 e. The van der Waals surface area contributed by atoms with Crippen molar-refractivity contribution in [2.24, 2.45) is 17.3 Å². The van der Waals surface area contributed by atoms with E-state index < -0.39 is 6.29 Å². The molecule has 0 amide bonds. The van der Waals surface area contributed by atoms with E-state index in [0.717, 1.165) is 25.7 Å². The predicted octanol–water partition coefficient (Wildman–Crippen LogP) is 3.99. The molecule has 3 heteroatoms. The smallest absolute Gasteiger partial charge is 0.181 e. The molecule has 0 aliphatic carbocycles. The van der Waals surface area contributed by atoms with E-state index in [9.17, 15) is 5.11 Å². The molecule has 0 aromatic rings. The van der Waals surface area contributed by atoms with E-state index in [1.807, 2.05) is 0 Å². The lowest BCUT2D eigenvalue weighted by molar-refractivity contribution is -0.180. The fourth-order valence-corrected chi connectivity index (χ4v) is 3.58. The summed E-state index contributed by atoms with van der Waals surface area (Å²) in [6.45, 7) is 14.3. The maximum absolute atomic E-state index is 9.84. The third-order valence-corrected chi connectivity index (χ3v) is 5.76. The highest BCUT2D eigenvalue weighted by atomic mass is 16.6. The quantitative estimate of drug-likeness (QED) is 0.733. The molecule has 0 radical (unpaired) electrons. The molecule has 0 aromatic heterocycles. The van der Waals surface area contributed by atoms with Gasteiger partial charge in [0.1, 0.15) is 6.10 Å². The molecule has 1 N–H and O–H groups in total. The van der Waals surface area contributed by atoms with Gasteiger partial charge in [0.15, 0.2) is 6.29 Å². The lowest BCUT2D eigenvalue weighted by Crippen LogP contribution is -2.47. The summed E-state index contributed by atoms with van der Waals surface area (Å²) in [7, 11) is 0. The molecule has 1 rings (SSSR count). The van der Waals surface area contributed by atoms with Crippen LogP contribution in [0.2, 0.25) is 0 Å². The molecular weight excluding hydrogens is 252 g/mol. The normalized spacial score (nSPS) is 30.8. The van der Waals surface area contributed by atoms with Crippen LogP contribution in [0.1, 0.15) is 67.2 Å². The third-order valence-electron chi connectivity index (χ3n) is 5.76. The standard InChI is InChI=1S/C17H34O3/c1-7-12(4)17(6,13(5)8-2)15(9-3)20-14-10-11-19-16(14)18/h12-16,18H,7-11H2,1-6H3. The van der Waals surface area contributed by atoms with Crippen molar-refractivity contribution in [1.29, 1.82) is 0 Å². The van der Waals surface area contributed by atoms with Crippen molar-refractivity contribution in [2.45, 2.75) is 85.7 Å². The summed E-state index contributed by atoms with van der Waals surface area (Å²) < 4.78 is 11.5. The van der Waals surface area contributed by atoms with Crippen LogP contribution in [0, 0.1) is 17.3 Å². The Kier molecular flexibility index (Phi) is 6.96. The predicted molar refractivity (Wildman–Crippen MR) is 82.5 cm³/mol. The van der Waals surface area contributed by atoms with E-state index in [1.165, 1.54) is 0 Å². The highest BCUT2D eigenvalue weighted by Crippen LogP contribution is 2.45. The molecule has 1 heterocycles. The highest BCUT2D eigenvalue weighted by Gasteiger charge is 2.44. The molecule has 0 saturated carbocycles. The van der Waals surface area contributed by atoms with Crippen LogP contribution in [-0.4, -0.2) is 30.2 Å². The van der Waals surface area contributed by atoms with Gasteiger partial charge in [-0.2, -0.15) is 0 Å². The third kappa shape index (κ3) is 3.55. The molecular formula is C17H34O3. The average molecular weight is 286 g/mol. The van der Waals surface area contributed by atoms with Gasteiger partial charge in [-0.1, -0.05) is 54.4 Å². The number of ether oxygens (including phenoxy) is 2. The number of rotatable bonds is 8. The Hall–Kier alpha value is -0.120. The summed E-state index contributed by atoms with van der Waals surface area (Å²) in [4.78, 5) is 0. The van der Waals surface area contributed by atoms with Gasteiger partial charge in [0.25, 0.3) is 0 Å². The molecule has 0 spiro atoms. The SMILES string of the molecule is CCC(C)C(C)(C(C)CC)C(CC)OC1CCOC1O. The Balaban J connectivity index is 2.90. The van der Waals surface area contributed by atoms with Crippen LogP contribution in [0.3, 0.4) is 0 Å². The van der Waals surface area contributed by atoms with Gasteiger partial charge < -0.3 is 14.6 Å². The van der Waals surface area contributed by atoms with Gasteiger partial charge in [-0.25, -0.2) is 0 Å². The van der Waals surface area contributed by atoms with Crippen molar-refractivity contribution in [2.75, 3.05) is 6.61 Å². The van der Waals surface area contributed by atoms with Crippen LogP contribution >= 0.6 is 0 Å². The number of aliphatic hydroxyl groups is 1. The molecule has 0 bridgehead atoms. The van der Waals surface area contributed by atoms with E-state index in [-0.39, 0.29) is 17.6 Å². The number of hydrogen-bond acceptors (Lipinski definition) is 3. The first kappa shape index (κ1) is 17.9. The average Bonchev–Trinajstić information content (AvgIpc) is 2.87. The zero-order valence-electron chi connectivity index (χ0n) is 14.2. The molecule has 1 aliphatic heterocycles. The molecule has 3 nitrogen and oxygen atoms in total. The second-order valence-electron chi connectivity index (χ2n) is 6.61. The Labute approximate surface area is 125 Å². The van der Waals surface area contributed by atoms with Crippen molar-refractivity contribution in [1.82, 2.24) is 0 Å². The molecule has 5 unspecified atom stereocenters. The molecule has 5 atom stereocenters. The first-order valence-corrected chi connectivity index (χ1v) is 8.36. The Bertz CT molecular complexity index is 269. The van der Waals surface area contributed by atoms with Crippen LogP contribution in [-0.2, 0) is 9.47 Å². The molecule has 1 saturated heterocycles. The summed E-state index contributed by atoms with van der Waals surface area (Å²) in [6.07, 6.45) is 3.36. The fraction of sp³-hybridized carbons (Fsp3) is 1.00. The van der Waals surface area contributed by atoms with Crippen molar-refractivity contribution < 1.29 is 14.6 Å². The minimum absolute atomic E-state index is 0.139. The van der Waals surface area contributed by atoms with Gasteiger partial charge in [0, 0.05) is 6.42 Å². The van der Waals surface area contributed by atoms with Crippen molar-refractivity contribution in [3.8, 4) is 0 Å². The molecule has 0 aromatic carbocycles. The van der Waals surface area contributed by atoms with Gasteiger partial charge in [0.2, 0.25) is 0 Å². The molecule has 120 valence electrons. The van der Waals surface area contributed by atoms with Gasteiger partial charge >= 0.3 is 0 Å². The topological polar surface area (TPSA) is 38.7 Å². The summed E-state index contributed by atoms with van der Waals surface area (Å²) >= 11 is 0. The summed E-state index contributed by atoms with van der Waals surface area (Å²) in [5.74, 6) is 1.20. The van der Waals surface area contributed by atoms with E-state index in [2.05, 4.69) is 41.5 Å². The van der Waals surface area contributed by atoms with Crippen molar-refractivity contribution in [3.63, 3.8) is 0 Å². The van der Waals surface area contributed by atoms with E-state index in [0.29, 0.717) is 18.4 Å². The minimum atomic E-state index is -0.748. The van der Waals surface area contributed by atoms with Crippen LogP contribution < -0.4 is 0 Å². The maximum Gasteiger partial charge on any atom is 0.181 e. The van der Waals surface area contributed by atoms with Crippen molar-refractivity contribution in [3.05, 3.63) is 0 Å². The Morgan fingerprint density at radius 2 is 1.70 bits per heavy atom. The van der Waals surface area contributed by atoms with Gasteiger partial charge in [-0.15, -0.1) is 0 Å². The fourth-order valence-electron chi connectivity index (χ4n) is 3.58. The highest BCUT2D eigenvalue weighted by molar-refractivity contribution is 4.91. The zero-order valence-corrected chi connectivity index (χ0v) is 14.2. The first-order chi connectivity index (χ1) is 9.41. The van der Waals surface area contributed by atoms with E-state index >= 15 is 0 Å². The van der Waals surface area contributed by atoms with Crippen LogP contribution in [0.15, 0.2) is 0 Å². The van der Waals surface area contributed by atoms with E-state index in [1.54, 1.807) is 0 Å². The summed E-state index contributed by atoms with van der Waals surface area (Å²) in [5, 5.41) is 9.84. The Morgan fingerprint density at radius 3 is 2.05 bits per heavy atom. The summed E-state index contributed by atoms with van der Waals surface area (Å²) in [6, 6.07) is 0.